The first-order valence-electron chi connectivity index (χ1n) is 7.40. The van der Waals surface area contributed by atoms with Gasteiger partial charge < -0.3 is 10.2 Å². The van der Waals surface area contributed by atoms with Gasteiger partial charge in [-0.1, -0.05) is 6.42 Å². The van der Waals surface area contributed by atoms with E-state index in [1.165, 1.54) is 65.0 Å². The number of rotatable bonds is 5. The van der Waals surface area contributed by atoms with E-state index >= 15 is 0 Å². The highest BCUT2D eigenvalue weighted by Gasteiger charge is 2.25. The SMILES string of the molecule is CNCC1CCN(CC(C)N2CCCCC2)C1. The van der Waals surface area contributed by atoms with Crippen LogP contribution in [-0.4, -0.2) is 62.2 Å². The standard InChI is InChI=1S/C14H29N3/c1-13(17-7-4-3-5-8-17)11-16-9-6-14(12-16)10-15-2/h13-15H,3-12H2,1-2H3. The topological polar surface area (TPSA) is 18.5 Å². The van der Waals surface area contributed by atoms with Gasteiger partial charge in [0.05, 0.1) is 0 Å². The Kier molecular flexibility index (Phi) is 5.26. The molecule has 0 saturated carbocycles. The minimum Gasteiger partial charge on any atom is -0.319 e. The van der Waals surface area contributed by atoms with Gasteiger partial charge in [0, 0.05) is 19.1 Å². The molecule has 2 rings (SSSR count). The fraction of sp³-hybridized carbons (Fsp3) is 1.00. The molecule has 2 atom stereocenters. The summed E-state index contributed by atoms with van der Waals surface area (Å²) in [5.74, 6) is 0.883. The number of nitrogens with zero attached hydrogens (tertiary/aromatic N) is 2. The van der Waals surface area contributed by atoms with Gasteiger partial charge in [0.2, 0.25) is 0 Å². The van der Waals surface area contributed by atoms with E-state index in [9.17, 15) is 0 Å². The lowest BCUT2D eigenvalue weighted by Crippen LogP contribution is -2.44. The molecular weight excluding hydrogens is 210 g/mol. The van der Waals surface area contributed by atoms with E-state index in [1.54, 1.807) is 0 Å². The molecule has 0 aromatic carbocycles. The van der Waals surface area contributed by atoms with Gasteiger partial charge in [-0.25, -0.2) is 0 Å². The first-order valence-corrected chi connectivity index (χ1v) is 7.40. The van der Waals surface area contributed by atoms with Crippen LogP contribution in [0.5, 0.6) is 0 Å². The smallest absolute Gasteiger partial charge is 0.0194 e. The second kappa shape index (κ2) is 6.72. The predicted octanol–water partition coefficient (Wildman–Crippen LogP) is 1.40. The van der Waals surface area contributed by atoms with Crippen LogP contribution in [0.1, 0.15) is 32.6 Å². The van der Waals surface area contributed by atoms with Gasteiger partial charge >= 0.3 is 0 Å². The molecule has 0 amide bonds. The molecule has 2 unspecified atom stereocenters. The molecule has 3 nitrogen and oxygen atoms in total. The Bertz CT molecular complexity index is 214. The van der Waals surface area contributed by atoms with Crippen molar-refractivity contribution in [2.75, 3.05) is 46.3 Å². The van der Waals surface area contributed by atoms with E-state index in [0.29, 0.717) is 0 Å². The number of hydrogen-bond acceptors (Lipinski definition) is 3. The van der Waals surface area contributed by atoms with E-state index in [0.717, 1.165) is 12.0 Å². The molecule has 0 spiro atoms. The normalized spacial score (nSPS) is 29.6. The van der Waals surface area contributed by atoms with Crippen molar-refractivity contribution >= 4 is 0 Å². The average molecular weight is 239 g/mol. The maximum Gasteiger partial charge on any atom is 0.0194 e. The molecule has 100 valence electrons. The van der Waals surface area contributed by atoms with Crippen molar-refractivity contribution in [3.63, 3.8) is 0 Å². The van der Waals surface area contributed by atoms with Gasteiger partial charge in [-0.3, -0.25) is 4.90 Å². The summed E-state index contributed by atoms with van der Waals surface area (Å²) in [6.07, 6.45) is 5.64. The molecule has 2 aliphatic heterocycles. The van der Waals surface area contributed by atoms with E-state index in [1.807, 2.05) is 0 Å². The van der Waals surface area contributed by atoms with Gasteiger partial charge in [0.15, 0.2) is 0 Å². The Morgan fingerprint density at radius 2 is 1.94 bits per heavy atom. The fourth-order valence-corrected chi connectivity index (χ4v) is 3.38. The van der Waals surface area contributed by atoms with Crippen LogP contribution in [-0.2, 0) is 0 Å². The highest BCUT2D eigenvalue weighted by Crippen LogP contribution is 2.18. The van der Waals surface area contributed by atoms with Crippen LogP contribution in [0.2, 0.25) is 0 Å². The summed E-state index contributed by atoms with van der Waals surface area (Å²) >= 11 is 0. The van der Waals surface area contributed by atoms with Gasteiger partial charge in [0.1, 0.15) is 0 Å². The molecule has 2 saturated heterocycles. The summed E-state index contributed by atoms with van der Waals surface area (Å²) in [5, 5.41) is 3.31. The third-order valence-corrected chi connectivity index (χ3v) is 4.40. The van der Waals surface area contributed by atoms with Crippen LogP contribution in [0.25, 0.3) is 0 Å². The summed E-state index contributed by atoms with van der Waals surface area (Å²) in [7, 11) is 2.07. The zero-order valence-corrected chi connectivity index (χ0v) is 11.6. The number of nitrogens with one attached hydrogen (secondary N) is 1. The van der Waals surface area contributed by atoms with Gasteiger partial charge in [-0.15, -0.1) is 0 Å². The summed E-state index contributed by atoms with van der Waals surface area (Å²) in [4.78, 5) is 5.36. The number of hydrogen-bond donors (Lipinski definition) is 1. The van der Waals surface area contributed by atoms with Crippen molar-refractivity contribution in [3.05, 3.63) is 0 Å². The van der Waals surface area contributed by atoms with E-state index in [4.69, 9.17) is 0 Å². The van der Waals surface area contributed by atoms with Crippen LogP contribution in [0, 0.1) is 5.92 Å². The van der Waals surface area contributed by atoms with Crippen molar-refractivity contribution < 1.29 is 0 Å². The minimum atomic E-state index is 0.753. The van der Waals surface area contributed by atoms with Crippen molar-refractivity contribution in [3.8, 4) is 0 Å². The van der Waals surface area contributed by atoms with Crippen molar-refractivity contribution in [1.29, 1.82) is 0 Å². The molecular formula is C14H29N3. The van der Waals surface area contributed by atoms with Gasteiger partial charge in [0.25, 0.3) is 0 Å². The fourth-order valence-electron chi connectivity index (χ4n) is 3.38. The Balaban J connectivity index is 1.69. The first kappa shape index (κ1) is 13.3. The van der Waals surface area contributed by atoms with Crippen LogP contribution >= 0.6 is 0 Å². The predicted molar refractivity (Wildman–Crippen MR) is 73.4 cm³/mol. The molecule has 0 aromatic heterocycles. The molecule has 0 aliphatic carbocycles. The van der Waals surface area contributed by atoms with Crippen LogP contribution in [0.4, 0.5) is 0 Å². The molecule has 3 heteroatoms. The van der Waals surface area contributed by atoms with E-state index < -0.39 is 0 Å². The molecule has 2 fully saturated rings. The summed E-state index contributed by atoms with van der Waals surface area (Å²) < 4.78 is 0. The lowest BCUT2D eigenvalue weighted by molar-refractivity contribution is 0.137. The van der Waals surface area contributed by atoms with E-state index in [2.05, 4.69) is 29.1 Å². The van der Waals surface area contributed by atoms with Crippen LogP contribution in [0.15, 0.2) is 0 Å². The lowest BCUT2D eigenvalue weighted by atomic mass is 10.1. The van der Waals surface area contributed by atoms with Crippen molar-refractivity contribution in [1.82, 2.24) is 15.1 Å². The van der Waals surface area contributed by atoms with E-state index in [-0.39, 0.29) is 0 Å². The summed E-state index contributed by atoms with van der Waals surface area (Å²) in [6, 6.07) is 0.753. The lowest BCUT2D eigenvalue weighted by Gasteiger charge is -2.34. The molecule has 0 aromatic rings. The molecule has 0 radical (unpaired) electrons. The van der Waals surface area contributed by atoms with Crippen molar-refractivity contribution in [2.45, 2.75) is 38.6 Å². The molecule has 17 heavy (non-hydrogen) atoms. The molecule has 2 heterocycles. The average Bonchev–Trinajstić information content (AvgIpc) is 2.78. The minimum absolute atomic E-state index is 0.753. The van der Waals surface area contributed by atoms with Crippen LogP contribution < -0.4 is 5.32 Å². The summed E-state index contributed by atoms with van der Waals surface area (Å²) in [5.41, 5.74) is 0. The number of likely N-dealkylation sites (tertiary alicyclic amines) is 2. The van der Waals surface area contributed by atoms with Crippen LogP contribution in [0.3, 0.4) is 0 Å². The third kappa shape index (κ3) is 3.94. The highest BCUT2D eigenvalue weighted by molar-refractivity contribution is 4.81. The Morgan fingerprint density at radius 1 is 1.18 bits per heavy atom. The van der Waals surface area contributed by atoms with Gasteiger partial charge in [-0.2, -0.15) is 0 Å². The highest BCUT2D eigenvalue weighted by atomic mass is 15.2. The maximum atomic E-state index is 3.31. The second-order valence-electron chi connectivity index (χ2n) is 5.92. The summed E-state index contributed by atoms with van der Waals surface area (Å²) in [6.45, 7) is 10.2. The maximum absolute atomic E-state index is 3.31. The zero-order chi connectivity index (χ0) is 12.1. The zero-order valence-electron chi connectivity index (χ0n) is 11.6. The number of piperidine rings is 1. The Labute approximate surface area is 107 Å². The largest absolute Gasteiger partial charge is 0.319 e. The third-order valence-electron chi connectivity index (χ3n) is 4.40. The van der Waals surface area contributed by atoms with Crippen molar-refractivity contribution in [2.24, 2.45) is 5.92 Å². The first-order chi connectivity index (χ1) is 8.29. The second-order valence-corrected chi connectivity index (χ2v) is 5.92. The van der Waals surface area contributed by atoms with Gasteiger partial charge in [-0.05, 0) is 65.3 Å². The molecule has 0 bridgehead atoms. The Morgan fingerprint density at radius 3 is 2.65 bits per heavy atom. The monoisotopic (exact) mass is 239 g/mol. The Hall–Kier alpha value is -0.120. The molecule has 2 aliphatic rings. The molecule has 1 N–H and O–H groups in total. The quantitative estimate of drug-likeness (QED) is 0.782.